The van der Waals surface area contributed by atoms with Crippen LogP contribution in [0.5, 0.6) is 0 Å². The molecule has 6 N–H and O–H groups in total. The van der Waals surface area contributed by atoms with Gasteiger partial charge in [0.15, 0.2) is 0 Å². The topological polar surface area (TPSA) is 214 Å². The maximum Gasteiger partial charge on any atom is 0.347 e. The normalized spacial score (nSPS) is 13.2. The van der Waals surface area contributed by atoms with E-state index in [1.165, 1.54) is 62.7 Å². The number of fused-ring (bicyclic) bond motifs is 1. The van der Waals surface area contributed by atoms with E-state index >= 15 is 0 Å². The first-order chi connectivity index (χ1) is 28.8. The van der Waals surface area contributed by atoms with Gasteiger partial charge in [0.05, 0.1) is 15.9 Å². The Hall–Kier alpha value is -3.03. The van der Waals surface area contributed by atoms with E-state index in [9.17, 15) is 38.3 Å². The number of hydrogen-bond donors (Lipinski definition) is 6. The van der Waals surface area contributed by atoms with Gasteiger partial charge in [0, 0.05) is 31.6 Å². The molecule has 0 bridgehead atoms. The third-order valence-electron chi connectivity index (χ3n) is 10.6. The minimum atomic E-state index is -4.61. The quantitative estimate of drug-likeness (QED) is 0.0193. The monoisotopic (exact) mass is 892 g/mol. The van der Waals surface area contributed by atoms with Crippen LogP contribution in [0.15, 0.2) is 58.8 Å². The Morgan fingerprint density at radius 1 is 0.633 bits per heavy atom. The third-order valence-corrected chi connectivity index (χ3v) is 13.9. The van der Waals surface area contributed by atoms with Gasteiger partial charge in [-0.3, -0.25) is 18.7 Å². The van der Waals surface area contributed by atoms with Crippen LogP contribution in [0.2, 0.25) is 0 Å². The highest BCUT2D eigenvalue weighted by Crippen LogP contribution is 2.43. The van der Waals surface area contributed by atoms with Gasteiger partial charge in [0.25, 0.3) is 0 Å². The number of rotatable bonds is 33. The summed E-state index contributed by atoms with van der Waals surface area (Å²) in [6.07, 6.45) is 19.1. The number of thiazole rings is 1. The number of carbonyl (C=O) groups is 2. The smallest absolute Gasteiger partial charge is 0.347 e. The molecule has 3 aromatic rings. The van der Waals surface area contributed by atoms with Crippen molar-refractivity contribution >= 4 is 65.1 Å². The molecule has 0 saturated heterocycles. The molecule has 2 aromatic carbocycles. The zero-order chi connectivity index (χ0) is 43.6. The molecule has 3 rings (SSSR count). The van der Waals surface area contributed by atoms with Gasteiger partial charge in [-0.1, -0.05) is 153 Å². The minimum Gasteiger partial charge on any atom is -0.370 e. The third kappa shape index (κ3) is 21.2. The Morgan fingerprint density at radius 2 is 1.07 bits per heavy atom. The minimum absolute atomic E-state index is 0.109. The molecule has 0 radical (unpaired) electrons. The van der Waals surface area contributed by atoms with Crippen molar-refractivity contribution in [2.24, 2.45) is 10.2 Å². The SMILES string of the molecule is CCCCCCCCCCCC(NC(=O)CCN(CCC(=O)NC(CCCCCCCCCCC)P(=O)(O)O)c1ccc(N=Nc2nc3ccccc3s2)cc1)P(=O)(O)O. The first kappa shape index (κ1) is 51.3. The van der Waals surface area contributed by atoms with E-state index in [1.807, 2.05) is 24.3 Å². The standard InChI is InChI=1S/C43H70N6O8P2S/c1-3-5-7-9-11-13-15-17-19-25-41(58(52,53)54)45-39(50)31-33-49(36-29-27-35(28-30-36)47-48-43-44-37-23-21-22-24-38(37)60-43)34-32-40(51)46-42(59(55,56)57)26-20-18-16-14-12-10-8-6-4-2/h21-24,27-30,41-42H,3-20,25-26,31-34H2,1-2H3,(H,45,50)(H,46,51)(H2,52,53,54)(H2,55,56,57). The summed E-state index contributed by atoms with van der Waals surface area (Å²) >= 11 is 1.42. The number of aromatic nitrogens is 1. The molecule has 0 aliphatic carbocycles. The number of nitrogens with zero attached hydrogens (tertiary/aromatic N) is 4. The van der Waals surface area contributed by atoms with E-state index in [0.717, 1.165) is 61.6 Å². The van der Waals surface area contributed by atoms with Crippen molar-refractivity contribution in [3.8, 4) is 0 Å². The summed E-state index contributed by atoms with van der Waals surface area (Å²) in [7, 11) is -9.22. The lowest BCUT2D eigenvalue weighted by atomic mass is 10.1. The second-order valence-electron chi connectivity index (χ2n) is 15.7. The van der Waals surface area contributed by atoms with Gasteiger partial charge >= 0.3 is 15.2 Å². The molecule has 60 heavy (non-hydrogen) atoms. The van der Waals surface area contributed by atoms with Crippen molar-refractivity contribution in [1.29, 1.82) is 0 Å². The van der Waals surface area contributed by atoms with Crippen LogP contribution in [0.3, 0.4) is 0 Å². The van der Waals surface area contributed by atoms with E-state index in [1.54, 1.807) is 29.2 Å². The van der Waals surface area contributed by atoms with E-state index in [4.69, 9.17) is 0 Å². The highest BCUT2D eigenvalue weighted by Gasteiger charge is 2.31. The largest absolute Gasteiger partial charge is 0.370 e. The van der Waals surface area contributed by atoms with Crippen LogP contribution in [0, 0.1) is 0 Å². The van der Waals surface area contributed by atoms with Gasteiger partial charge in [-0.05, 0) is 49.2 Å². The summed E-state index contributed by atoms with van der Waals surface area (Å²) in [5, 5.41) is 14.2. The second kappa shape index (κ2) is 28.5. The summed E-state index contributed by atoms with van der Waals surface area (Å²) < 4.78 is 25.7. The second-order valence-corrected chi connectivity index (χ2v) is 20.4. The van der Waals surface area contributed by atoms with Crippen molar-refractivity contribution < 1.29 is 38.3 Å². The number of benzene rings is 2. The van der Waals surface area contributed by atoms with Crippen LogP contribution in [-0.2, 0) is 18.7 Å². The fraction of sp³-hybridized carbons (Fsp3) is 0.651. The summed E-state index contributed by atoms with van der Waals surface area (Å²) in [5.41, 5.74) is 2.04. The fourth-order valence-electron chi connectivity index (χ4n) is 7.04. The molecule has 2 amide bonds. The Morgan fingerprint density at radius 3 is 1.50 bits per heavy atom. The maximum absolute atomic E-state index is 13.2. The maximum atomic E-state index is 13.2. The van der Waals surface area contributed by atoms with Gasteiger partial charge in [0.1, 0.15) is 11.6 Å². The number of unbranched alkanes of at least 4 members (excludes halogenated alkanes) is 16. The van der Waals surface area contributed by atoms with Gasteiger partial charge in [-0.25, -0.2) is 4.98 Å². The van der Waals surface area contributed by atoms with Crippen molar-refractivity contribution in [3.05, 3.63) is 48.5 Å². The molecule has 1 heterocycles. The lowest BCUT2D eigenvalue weighted by Gasteiger charge is -2.26. The molecule has 0 saturated carbocycles. The van der Waals surface area contributed by atoms with Crippen LogP contribution >= 0.6 is 26.5 Å². The molecule has 0 fully saturated rings. The molecule has 0 spiro atoms. The first-order valence-electron chi connectivity index (χ1n) is 22.1. The van der Waals surface area contributed by atoms with Crippen molar-refractivity contribution in [1.82, 2.24) is 15.6 Å². The summed E-state index contributed by atoms with van der Waals surface area (Å²) in [6, 6.07) is 14.7. The zero-order valence-corrected chi connectivity index (χ0v) is 38.4. The van der Waals surface area contributed by atoms with Crippen molar-refractivity contribution in [2.45, 2.75) is 167 Å². The lowest BCUT2D eigenvalue weighted by molar-refractivity contribution is -0.121. The summed E-state index contributed by atoms with van der Waals surface area (Å²) in [6.45, 7) is 4.58. The highest BCUT2D eigenvalue weighted by molar-refractivity contribution is 7.52. The molecule has 14 nitrogen and oxygen atoms in total. The van der Waals surface area contributed by atoms with E-state index < -0.39 is 38.6 Å². The molecular weight excluding hydrogens is 823 g/mol. The van der Waals surface area contributed by atoms with E-state index in [2.05, 4.69) is 39.7 Å². The highest BCUT2D eigenvalue weighted by atomic mass is 32.1. The van der Waals surface area contributed by atoms with Crippen LogP contribution in [0.4, 0.5) is 16.5 Å². The molecule has 0 aliphatic rings. The molecule has 1 aromatic heterocycles. The predicted molar refractivity (Wildman–Crippen MR) is 243 cm³/mol. The van der Waals surface area contributed by atoms with E-state index in [-0.39, 0.29) is 38.8 Å². The van der Waals surface area contributed by atoms with Gasteiger partial charge in [-0.2, -0.15) is 0 Å². The Kier molecular flexibility index (Phi) is 24.4. The van der Waals surface area contributed by atoms with Crippen LogP contribution in [0.25, 0.3) is 10.2 Å². The summed E-state index contributed by atoms with van der Waals surface area (Å²) in [5.74, 6) is -3.64. The molecular formula is C43H70N6O8P2S. The van der Waals surface area contributed by atoms with Crippen molar-refractivity contribution in [2.75, 3.05) is 18.0 Å². The predicted octanol–water partition coefficient (Wildman–Crippen LogP) is 11.4. The Labute approximate surface area is 361 Å². The number of amides is 2. The van der Waals surface area contributed by atoms with Gasteiger partial charge < -0.3 is 35.1 Å². The lowest BCUT2D eigenvalue weighted by Crippen LogP contribution is -2.39. The Bertz CT molecular complexity index is 1700. The van der Waals surface area contributed by atoms with Crippen LogP contribution in [-0.4, -0.2) is 61.0 Å². The number of nitrogens with one attached hydrogen (secondary N) is 2. The Balaban J connectivity index is 1.61. The zero-order valence-electron chi connectivity index (χ0n) is 35.8. The molecule has 2 atom stereocenters. The van der Waals surface area contributed by atoms with E-state index in [0.29, 0.717) is 29.3 Å². The van der Waals surface area contributed by atoms with Crippen molar-refractivity contribution in [3.63, 3.8) is 0 Å². The number of para-hydroxylation sites is 1. The molecule has 2 unspecified atom stereocenters. The fourth-order valence-corrected chi connectivity index (χ4v) is 9.49. The summed E-state index contributed by atoms with van der Waals surface area (Å²) in [4.78, 5) is 72.8. The number of hydrogen-bond acceptors (Lipinski definition) is 9. The molecule has 17 heteroatoms. The van der Waals surface area contributed by atoms with Crippen LogP contribution in [0.1, 0.15) is 155 Å². The number of azo groups is 1. The van der Waals surface area contributed by atoms with Crippen LogP contribution < -0.4 is 15.5 Å². The number of anilines is 1. The first-order valence-corrected chi connectivity index (χ1v) is 26.3. The van der Waals surface area contributed by atoms with Gasteiger partial charge in [-0.15, -0.1) is 10.2 Å². The average Bonchev–Trinajstić information content (AvgIpc) is 3.63. The molecule has 0 aliphatic heterocycles. The molecule has 336 valence electrons. The average molecular weight is 893 g/mol. The number of carbonyl (C=O) groups excluding carboxylic acids is 2. The van der Waals surface area contributed by atoms with Gasteiger partial charge in [0.2, 0.25) is 16.9 Å².